The maximum atomic E-state index is 14.9. The Morgan fingerprint density at radius 2 is 1.82 bits per heavy atom. The first-order valence-electron chi connectivity index (χ1n) is 11.6. The Labute approximate surface area is 200 Å². The molecule has 182 valence electrons. The van der Waals surface area contributed by atoms with Gasteiger partial charge in [-0.05, 0) is 56.5 Å². The lowest BCUT2D eigenvalue weighted by atomic mass is 9.93. The number of halogens is 1. The lowest BCUT2D eigenvalue weighted by Gasteiger charge is -2.26. The minimum Gasteiger partial charge on any atom is -0.507 e. The van der Waals surface area contributed by atoms with Crippen molar-refractivity contribution in [1.29, 1.82) is 0 Å². The van der Waals surface area contributed by atoms with Gasteiger partial charge in [0.25, 0.3) is 11.7 Å². The number of ketones is 1. The topological polar surface area (TPSA) is 76.1 Å². The number of aliphatic hydroxyl groups is 1. The standard InChI is InChI=1S/C27H32FNO5/c1-6-33-22-12-11-18(15-20(22)16(2)3)25(30)23-24(19-9-7-8-10-21(19)28)29(27(32)26(23)31)13-14-34-17(4)5/h7-12,15-17,24,30H,6,13-14H2,1-5H3/b25-23+. The summed E-state index contributed by atoms with van der Waals surface area (Å²) in [6.45, 7) is 10.3. The van der Waals surface area contributed by atoms with Gasteiger partial charge < -0.3 is 19.5 Å². The highest BCUT2D eigenvalue weighted by Crippen LogP contribution is 2.41. The second-order valence-electron chi connectivity index (χ2n) is 8.77. The Kier molecular flexibility index (Phi) is 8.10. The molecule has 1 fully saturated rings. The molecule has 0 radical (unpaired) electrons. The van der Waals surface area contributed by atoms with Crippen LogP contribution in [0.3, 0.4) is 0 Å². The van der Waals surface area contributed by atoms with E-state index >= 15 is 0 Å². The van der Waals surface area contributed by atoms with E-state index in [2.05, 4.69) is 0 Å². The number of amides is 1. The van der Waals surface area contributed by atoms with Gasteiger partial charge in [0.15, 0.2) is 0 Å². The summed E-state index contributed by atoms with van der Waals surface area (Å²) in [4.78, 5) is 27.4. The van der Waals surface area contributed by atoms with E-state index in [9.17, 15) is 19.1 Å². The second kappa shape index (κ2) is 10.8. The first-order valence-corrected chi connectivity index (χ1v) is 11.6. The largest absolute Gasteiger partial charge is 0.507 e. The highest BCUT2D eigenvalue weighted by molar-refractivity contribution is 6.46. The monoisotopic (exact) mass is 469 g/mol. The zero-order valence-electron chi connectivity index (χ0n) is 20.3. The normalized spacial score (nSPS) is 17.8. The van der Waals surface area contributed by atoms with Crippen LogP contribution in [0, 0.1) is 5.82 Å². The number of rotatable bonds is 9. The van der Waals surface area contributed by atoms with E-state index < -0.39 is 23.5 Å². The van der Waals surface area contributed by atoms with Crippen LogP contribution in [0.5, 0.6) is 5.75 Å². The van der Waals surface area contributed by atoms with Crippen LogP contribution in [0.25, 0.3) is 5.76 Å². The molecule has 0 bridgehead atoms. The van der Waals surface area contributed by atoms with Crippen molar-refractivity contribution >= 4 is 17.4 Å². The lowest BCUT2D eigenvalue weighted by molar-refractivity contribution is -0.140. The third-order valence-electron chi connectivity index (χ3n) is 5.73. The van der Waals surface area contributed by atoms with Crippen LogP contribution in [0.15, 0.2) is 48.0 Å². The number of ether oxygens (including phenoxy) is 2. The Balaban J connectivity index is 2.15. The van der Waals surface area contributed by atoms with E-state index in [0.29, 0.717) is 17.9 Å². The molecule has 1 atom stereocenters. The maximum absolute atomic E-state index is 14.9. The maximum Gasteiger partial charge on any atom is 0.295 e. The molecule has 34 heavy (non-hydrogen) atoms. The number of aliphatic hydroxyl groups excluding tert-OH is 1. The summed E-state index contributed by atoms with van der Waals surface area (Å²) in [5.74, 6) is -1.78. The molecule has 3 rings (SSSR count). The Bertz CT molecular complexity index is 1090. The Morgan fingerprint density at radius 3 is 2.44 bits per heavy atom. The van der Waals surface area contributed by atoms with E-state index in [1.165, 1.54) is 23.1 Å². The zero-order chi connectivity index (χ0) is 25.0. The van der Waals surface area contributed by atoms with Crippen molar-refractivity contribution in [2.75, 3.05) is 19.8 Å². The second-order valence-corrected chi connectivity index (χ2v) is 8.77. The van der Waals surface area contributed by atoms with E-state index in [-0.39, 0.29) is 42.1 Å². The molecule has 0 aromatic heterocycles. The summed E-state index contributed by atoms with van der Waals surface area (Å²) in [6.07, 6.45) is -0.0676. The van der Waals surface area contributed by atoms with Gasteiger partial charge in [-0.15, -0.1) is 0 Å². The fourth-order valence-electron chi connectivity index (χ4n) is 4.11. The molecule has 2 aromatic carbocycles. The van der Waals surface area contributed by atoms with Crippen molar-refractivity contribution in [3.05, 3.63) is 70.5 Å². The number of carbonyl (C=O) groups excluding carboxylic acids is 2. The van der Waals surface area contributed by atoms with Crippen molar-refractivity contribution in [3.8, 4) is 5.75 Å². The molecule has 0 aliphatic carbocycles. The highest BCUT2D eigenvalue weighted by Gasteiger charge is 2.46. The summed E-state index contributed by atoms with van der Waals surface area (Å²) in [7, 11) is 0. The zero-order valence-corrected chi connectivity index (χ0v) is 20.3. The summed E-state index contributed by atoms with van der Waals surface area (Å²) >= 11 is 0. The van der Waals surface area contributed by atoms with Gasteiger partial charge >= 0.3 is 0 Å². The van der Waals surface area contributed by atoms with Gasteiger partial charge in [-0.25, -0.2) is 4.39 Å². The molecule has 1 heterocycles. The van der Waals surface area contributed by atoms with Crippen LogP contribution in [0.1, 0.15) is 63.3 Å². The number of hydrogen-bond acceptors (Lipinski definition) is 5. The Hall–Kier alpha value is -3.19. The quantitative estimate of drug-likeness (QED) is 0.311. The predicted molar refractivity (Wildman–Crippen MR) is 128 cm³/mol. The molecule has 1 unspecified atom stereocenters. The first-order chi connectivity index (χ1) is 16.2. The van der Waals surface area contributed by atoms with Crippen LogP contribution >= 0.6 is 0 Å². The van der Waals surface area contributed by atoms with Crippen LogP contribution < -0.4 is 4.74 Å². The van der Waals surface area contributed by atoms with Crippen LogP contribution in [-0.4, -0.2) is 47.6 Å². The first kappa shape index (κ1) is 25.4. The van der Waals surface area contributed by atoms with E-state index in [0.717, 1.165) is 5.56 Å². The molecule has 2 aromatic rings. The van der Waals surface area contributed by atoms with Crippen LogP contribution in [0.2, 0.25) is 0 Å². The summed E-state index contributed by atoms with van der Waals surface area (Å²) in [5.41, 5.74) is 1.22. The number of Topliss-reactive ketones (excluding diaryl/α,β-unsaturated/α-hetero) is 1. The summed E-state index contributed by atoms with van der Waals surface area (Å²) in [6, 6.07) is 10.0. The molecule has 1 aliphatic heterocycles. The number of hydrogen-bond donors (Lipinski definition) is 1. The lowest BCUT2D eigenvalue weighted by Crippen LogP contribution is -2.33. The molecule has 1 amide bonds. The molecule has 1 N–H and O–H groups in total. The summed E-state index contributed by atoms with van der Waals surface area (Å²) in [5, 5.41) is 11.3. The van der Waals surface area contributed by atoms with Gasteiger partial charge in [0.05, 0.1) is 30.9 Å². The van der Waals surface area contributed by atoms with E-state index in [4.69, 9.17) is 9.47 Å². The molecule has 7 heteroatoms. The molecule has 6 nitrogen and oxygen atoms in total. The minimum absolute atomic E-state index is 0.0676. The smallest absolute Gasteiger partial charge is 0.295 e. The van der Waals surface area contributed by atoms with Crippen LogP contribution in [0.4, 0.5) is 4.39 Å². The highest BCUT2D eigenvalue weighted by atomic mass is 19.1. The average molecular weight is 470 g/mol. The Morgan fingerprint density at radius 1 is 1.12 bits per heavy atom. The third-order valence-corrected chi connectivity index (χ3v) is 5.73. The molecule has 1 saturated heterocycles. The fraction of sp³-hybridized carbons (Fsp3) is 0.407. The average Bonchev–Trinajstić information content (AvgIpc) is 3.04. The number of benzene rings is 2. The molecule has 0 saturated carbocycles. The van der Waals surface area contributed by atoms with Crippen molar-refractivity contribution < 1.29 is 28.6 Å². The molecule has 1 aliphatic rings. The van der Waals surface area contributed by atoms with Gasteiger partial charge in [-0.3, -0.25) is 9.59 Å². The molecular weight excluding hydrogens is 437 g/mol. The van der Waals surface area contributed by atoms with Crippen molar-refractivity contribution in [2.45, 2.75) is 52.7 Å². The number of likely N-dealkylation sites (tertiary alicyclic amines) is 1. The fourth-order valence-corrected chi connectivity index (χ4v) is 4.11. The molecule has 0 spiro atoms. The van der Waals surface area contributed by atoms with E-state index in [1.807, 2.05) is 34.6 Å². The van der Waals surface area contributed by atoms with Crippen LogP contribution in [-0.2, 0) is 14.3 Å². The SMILES string of the molecule is CCOc1ccc(/C(O)=C2\C(=O)C(=O)N(CCOC(C)C)C2c2ccccc2F)cc1C(C)C. The minimum atomic E-state index is -1.06. The molecular formula is C27H32FNO5. The van der Waals surface area contributed by atoms with Gasteiger partial charge in [0.2, 0.25) is 0 Å². The van der Waals surface area contributed by atoms with E-state index in [1.54, 1.807) is 24.3 Å². The van der Waals surface area contributed by atoms with Gasteiger partial charge in [-0.1, -0.05) is 32.0 Å². The predicted octanol–water partition coefficient (Wildman–Crippen LogP) is 5.19. The van der Waals surface area contributed by atoms with Crippen molar-refractivity contribution in [3.63, 3.8) is 0 Å². The van der Waals surface area contributed by atoms with Crippen molar-refractivity contribution in [2.24, 2.45) is 0 Å². The van der Waals surface area contributed by atoms with Gasteiger partial charge in [0, 0.05) is 17.7 Å². The third kappa shape index (κ3) is 5.14. The van der Waals surface area contributed by atoms with Gasteiger partial charge in [0.1, 0.15) is 17.3 Å². The van der Waals surface area contributed by atoms with Gasteiger partial charge in [-0.2, -0.15) is 0 Å². The number of carbonyl (C=O) groups is 2. The number of nitrogens with zero attached hydrogens (tertiary/aromatic N) is 1. The van der Waals surface area contributed by atoms with Crippen molar-refractivity contribution in [1.82, 2.24) is 4.90 Å². The summed E-state index contributed by atoms with van der Waals surface area (Å²) < 4.78 is 26.1.